The first-order chi connectivity index (χ1) is 9.83. The maximum Gasteiger partial charge on any atom is 0.154 e. The Bertz CT molecular complexity index is 729. The summed E-state index contributed by atoms with van der Waals surface area (Å²) in [7, 11) is 1.59. The molecule has 20 heavy (non-hydrogen) atoms. The van der Waals surface area contributed by atoms with Crippen LogP contribution in [0, 0.1) is 0 Å². The Labute approximate surface area is 115 Å². The third-order valence-corrected chi connectivity index (χ3v) is 2.96. The minimum absolute atomic E-state index is 0.464. The molecule has 100 valence electrons. The second-order valence-electron chi connectivity index (χ2n) is 4.14. The fraction of sp³-hybridized carbons (Fsp3) is 0.0667. The molecule has 0 bridgehead atoms. The van der Waals surface area contributed by atoms with Gasteiger partial charge in [-0.15, -0.1) is 0 Å². The van der Waals surface area contributed by atoms with Crippen molar-refractivity contribution in [3.63, 3.8) is 0 Å². The molecule has 0 fully saturated rings. The highest BCUT2D eigenvalue weighted by Gasteiger charge is 2.15. The van der Waals surface area contributed by atoms with E-state index in [1.54, 1.807) is 36.4 Å². The van der Waals surface area contributed by atoms with Gasteiger partial charge in [0.2, 0.25) is 0 Å². The number of carbonyl (C=O) groups is 1. The van der Waals surface area contributed by atoms with Gasteiger partial charge in [-0.05, 0) is 24.3 Å². The van der Waals surface area contributed by atoms with E-state index in [9.17, 15) is 4.79 Å². The van der Waals surface area contributed by atoms with Crippen LogP contribution in [-0.2, 0) is 0 Å². The first-order valence-corrected chi connectivity index (χ1v) is 6.05. The van der Waals surface area contributed by atoms with E-state index in [0.29, 0.717) is 22.8 Å². The molecule has 0 aliphatic carbocycles. The Hall–Kier alpha value is -2.82. The molecule has 0 unspecified atom stereocenters. The monoisotopic (exact) mass is 268 g/mol. The number of aldehydes is 1. The number of furan rings is 1. The van der Waals surface area contributed by atoms with Crippen molar-refractivity contribution in [2.75, 3.05) is 7.11 Å². The van der Waals surface area contributed by atoms with Crippen molar-refractivity contribution in [2.45, 2.75) is 0 Å². The summed E-state index contributed by atoms with van der Waals surface area (Å²) >= 11 is 0. The summed E-state index contributed by atoms with van der Waals surface area (Å²) < 4.78 is 12.2. The van der Waals surface area contributed by atoms with Crippen LogP contribution in [0.3, 0.4) is 0 Å². The average Bonchev–Trinajstić information content (AvgIpc) is 3.15. The molecule has 3 rings (SSSR count). The second-order valence-corrected chi connectivity index (χ2v) is 4.14. The van der Waals surface area contributed by atoms with Gasteiger partial charge in [0.05, 0.1) is 18.9 Å². The maximum absolute atomic E-state index is 11.2. The molecule has 2 heterocycles. The highest BCUT2D eigenvalue weighted by molar-refractivity contribution is 5.84. The van der Waals surface area contributed by atoms with Crippen molar-refractivity contribution in [3.05, 3.63) is 54.4 Å². The average molecular weight is 268 g/mol. The fourth-order valence-electron chi connectivity index (χ4n) is 2.02. The molecular weight excluding hydrogens is 256 g/mol. The van der Waals surface area contributed by atoms with E-state index >= 15 is 0 Å². The van der Waals surface area contributed by atoms with Gasteiger partial charge in [-0.2, -0.15) is 5.10 Å². The molecule has 0 radical (unpaired) electrons. The lowest BCUT2D eigenvalue weighted by Crippen LogP contribution is -1.98. The van der Waals surface area contributed by atoms with Crippen molar-refractivity contribution in [3.8, 4) is 22.9 Å². The minimum atomic E-state index is 0.464. The number of benzene rings is 1. The lowest BCUT2D eigenvalue weighted by atomic mass is 10.2. The molecule has 2 aromatic heterocycles. The van der Waals surface area contributed by atoms with Crippen molar-refractivity contribution in [2.24, 2.45) is 0 Å². The number of aromatic nitrogens is 2. The van der Waals surface area contributed by atoms with E-state index < -0.39 is 0 Å². The first kappa shape index (κ1) is 12.2. The van der Waals surface area contributed by atoms with Crippen LogP contribution in [-0.4, -0.2) is 23.2 Å². The van der Waals surface area contributed by atoms with Crippen LogP contribution < -0.4 is 4.74 Å². The van der Waals surface area contributed by atoms with Crippen molar-refractivity contribution < 1.29 is 13.9 Å². The number of rotatable bonds is 4. The highest BCUT2D eigenvalue weighted by Crippen LogP contribution is 2.26. The van der Waals surface area contributed by atoms with Crippen LogP contribution in [0.1, 0.15) is 10.4 Å². The summed E-state index contributed by atoms with van der Waals surface area (Å²) in [6, 6.07) is 11.0. The summed E-state index contributed by atoms with van der Waals surface area (Å²) in [5.41, 5.74) is 1.73. The van der Waals surface area contributed by atoms with Crippen molar-refractivity contribution in [1.29, 1.82) is 0 Å². The quantitative estimate of drug-likeness (QED) is 0.683. The number of nitrogens with zero attached hydrogens (tertiary/aromatic N) is 2. The van der Waals surface area contributed by atoms with Crippen molar-refractivity contribution >= 4 is 6.29 Å². The molecule has 5 nitrogen and oxygen atoms in total. The highest BCUT2D eigenvalue weighted by atomic mass is 16.5. The van der Waals surface area contributed by atoms with E-state index in [1.165, 1.54) is 0 Å². The van der Waals surface area contributed by atoms with E-state index in [4.69, 9.17) is 9.15 Å². The Kier molecular flexibility index (Phi) is 3.09. The van der Waals surface area contributed by atoms with E-state index in [-0.39, 0.29) is 0 Å². The molecule has 0 amide bonds. The topological polar surface area (TPSA) is 57.3 Å². The number of hydrogen-bond acceptors (Lipinski definition) is 4. The summed E-state index contributed by atoms with van der Waals surface area (Å²) in [5, 5.41) is 4.41. The van der Waals surface area contributed by atoms with E-state index in [1.807, 2.05) is 24.3 Å². The molecule has 1 aromatic carbocycles. The first-order valence-electron chi connectivity index (χ1n) is 6.05. The molecule has 0 atom stereocenters. The van der Waals surface area contributed by atoms with Gasteiger partial charge in [-0.25, -0.2) is 4.68 Å². The standard InChI is InChI=1S/C15H12N2O3/c1-19-13-6-3-2-5-12(13)17-9-11(10-18)15(16-17)14-7-4-8-20-14/h2-10H,1H3. The van der Waals surface area contributed by atoms with Gasteiger partial charge in [0, 0.05) is 6.20 Å². The SMILES string of the molecule is COc1ccccc1-n1cc(C=O)c(-c2ccco2)n1. The lowest BCUT2D eigenvalue weighted by Gasteiger charge is -2.07. The van der Waals surface area contributed by atoms with Gasteiger partial charge in [-0.3, -0.25) is 4.79 Å². The Morgan fingerprint density at radius 1 is 1.25 bits per heavy atom. The zero-order valence-corrected chi connectivity index (χ0v) is 10.8. The van der Waals surface area contributed by atoms with Crippen LogP contribution >= 0.6 is 0 Å². The van der Waals surface area contributed by atoms with Crippen LogP contribution in [0.4, 0.5) is 0 Å². The number of ether oxygens (including phenoxy) is 1. The van der Waals surface area contributed by atoms with Gasteiger partial charge < -0.3 is 9.15 Å². The number of carbonyl (C=O) groups excluding carboxylic acids is 1. The van der Waals surface area contributed by atoms with Crippen LogP contribution in [0.15, 0.2) is 53.3 Å². The number of para-hydroxylation sites is 2. The summed E-state index contributed by atoms with van der Waals surface area (Å²) in [5.74, 6) is 1.24. The molecule has 0 aliphatic heterocycles. The zero-order chi connectivity index (χ0) is 13.9. The molecule has 0 aliphatic rings. The molecule has 0 saturated carbocycles. The Morgan fingerprint density at radius 3 is 2.80 bits per heavy atom. The van der Waals surface area contributed by atoms with Crippen molar-refractivity contribution in [1.82, 2.24) is 9.78 Å². The maximum atomic E-state index is 11.2. The minimum Gasteiger partial charge on any atom is -0.494 e. The van der Waals surface area contributed by atoms with Crippen LogP contribution in [0.25, 0.3) is 17.1 Å². The molecule has 0 saturated heterocycles. The molecular formula is C15H12N2O3. The van der Waals surface area contributed by atoms with Crippen LogP contribution in [0.5, 0.6) is 5.75 Å². The lowest BCUT2D eigenvalue weighted by molar-refractivity contribution is 0.112. The summed E-state index contributed by atoms with van der Waals surface area (Å²) in [6.45, 7) is 0. The zero-order valence-electron chi connectivity index (χ0n) is 10.8. The van der Waals surface area contributed by atoms with Gasteiger partial charge >= 0.3 is 0 Å². The Balaban J connectivity index is 2.14. The number of hydrogen-bond donors (Lipinski definition) is 0. The smallest absolute Gasteiger partial charge is 0.154 e. The fourth-order valence-corrected chi connectivity index (χ4v) is 2.02. The molecule has 5 heteroatoms. The summed E-state index contributed by atoms with van der Waals surface area (Å²) in [4.78, 5) is 11.2. The summed E-state index contributed by atoms with van der Waals surface area (Å²) in [6.07, 6.45) is 3.96. The van der Waals surface area contributed by atoms with Gasteiger partial charge in [-0.1, -0.05) is 12.1 Å². The van der Waals surface area contributed by atoms with E-state index in [2.05, 4.69) is 5.10 Å². The molecule has 3 aromatic rings. The van der Waals surface area contributed by atoms with Gasteiger partial charge in [0.1, 0.15) is 17.1 Å². The molecule has 0 spiro atoms. The Morgan fingerprint density at radius 2 is 2.10 bits per heavy atom. The van der Waals surface area contributed by atoms with Crippen LogP contribution in [0.2, 0.25) is 0 Å². The third kappa shape index (κ3) is 1.99. The normalized spacial score (nSPS) is 10.4. The number of methoxy groups -OCH3 is 1. The van der Waals surface area contributed by atoms with Gasteiger partial charge in [0.15, 0.2) is 12.0 Å². The van der Waals surface area contributed by atoms with E-state index in [0.717, 1.165) is 12.0 Å². The second kappa shape index (κ2) is 5.05. The van der Waals surface area contributed by atoms with Gasteiger partial charge in [0.25, 0.3) is 0 Å². The third-order valence-electron chi connectivity index (χ3n) is 2.96. The largest absolute Gasteiger partial charge is 0.494 e. The predicted molar refractivity (Wildman–Crippen MR) is 73.2 cm³/mol. The molecule has 0 N–H and O–H groups in total. The predicted octanol–water partition coefficient (Wildman–Crippen LogP) is 2.95.